The molecule has 2 heteroatoms. The SMILES string of the molecule is Cc1ccoc1C(N)c1c(C)c(C)cc(C)c1C. The highest BCUT2D eigenvalue weighted by Crippen LogP contribution is 2.31. The summed E-state index contributed by atoms with van der Waals surface area (Å²) < 4.78 is 5.55. The Morgan fingerprint density at radius 3 is 1.94 bits per heavy atom. The monoisotopic (exact) mass is 243 g/mol. The van der Waals surface area contributed by atoms with E-state index in [1.165, 1.54) is 27.8 Å². The Kier molecular flexibility index (Phi) is 3.31. The molecule has 1 heterocycles. The summed E-state index contributed by atoms with van der Waals surface area (Å²) in [6.45, 7) is 10.6. The first kappa shape index (κ1) is 12.9. The zero-order valence-corrected chi connectivity index (χ0v) is 11.8. The van der Waals surface area contributed by atoms with Gasteiger partial charge in [-0.05, 0) is 74.1 Å². The van der Waals surface area contributed by atoms with E-state index in [2.05, 4.69) is 33.8 Å². The van der Waals surface area contributed by atoms with Crippen LogP contribution in [0.5, 0.6) is 0 Å². The molecule has 1 aromatic heterocycles. The standard InChI is InChI=1S/C16H21NO/c1-9-6-7-18-16(9)15(17)14-12(4)10(2)8-11(3)13(14)5/h6-8,15H,17H2,1-5H3. The molecular weight excluding hydrogens is 222 g/mol. The largest absolute Gasteiger partial charge is 0.467 e. The van der Waals surface area contributed by atoms with Gasteiger partial charge in [-0.1, -0.05) is 6.07 Å². The van der Waals surface area contributed by atoms with E-state index >= 15 is 0 Å². The van der Waals surface area contributed by atoms with Crippen LogP contribution in [-0.2, 0) is 0 Å². The van der Waals surface area contributed by atoms with Gasteiger partial charge in [-0.3, -0.25) is 0 Å². The molecule has 0 spiro atoms. The molecular formula is C16H21NO. The first-order chi connectivity index (χ1) is 8.43. The molecule has 0 fully saturated rings. The lowest BCUT2D eigenvalue weighted by atomic mass is 9.88. The van der Waals surface area contributed by atoms with Gasteiger partial charge in [-0.2, -0.15) is 0 Å². The molecule has 0 aliphatic heterocycles. The van der Waals surface area contributed by atoms with Crippen LogP contribution in [0.2, 0.25) is 0 Å². The molecule has 0 amide bonds. The van der Waals surface area contributed by atoms with Gasteiger partial charge in [0.2, 0.25) is 0 Å². The second-order valence-corrected chi connectivity index (χ2v) is 5.12. The molecule has 0 aliphatic carbocycles. The van der Waals surface area contributed by atoms with Crippen LogP contribution in [0.1, 0.15) is 45.2 Å². The van der Waals surface area contributed by atoms with Crippen LogP contribution in [0, 0.1) is 34.6 Å². The number of furan rings is 1. The maximum Gasteiger partial charge on any atom is 0.127 e. The fraction of sp³-hybridized carbons (Fsp3) is 0.375. The van der Waals surface area contributed by atoms with Gasteiger partial charge in [0, 0.05) is 0 Å². The van der Waals surface area contributed by atoms with Crippen molar-refractivity contribution in [2.45, 2.75) is 40.7 Å². The van der Waals surface area contributed by atoms with E-state index in [1.54, 1.807) is 6.26 Å². The van der Waals surface area contributed by atoms with Gasteiger partial charge < -0.3 is 10.2 Å². The van der Waals surface area contributed by atoms with Crippen molar-refractivity contribution in [3.05, 3.63) is 57.5 Å². The lowest BCUT2D eigenvalue weighted by molar-refractivity contribution is 0.485. The lowest BCUT2D eigenvalue weighted by Gasteiger charge is -2.20. The first-order valence-electron chi connectivity index (χ1n) is 6.30. The third kappa shape index (κ3) is 1.97. The van der Waals surface area contributed by atoms with Crippen LogP contribution in [0.25, 0.3) is 0 Å². The summed E-state index contributed by atoms with van der Waals surface area (Å²) in [4.78, 5) is 0. The van der Waals surface area contributed by atoms with Crippen LogP contribution >= 0.6 is 0 Å². The Morgan fingerprint density at radius 2 is 1.50 bits per heavy atom. The molecule has 96 valence electrons. The Hall–Kier alpha value is -1.54. The zero-order chi connectivity index (χ0) is 13.4. The molecule has 1 unspecified atom stereocenters. The van der Waals surface area contributed by atoms with E-state index in [0.717, 1.165) is 11.3 Å². The number of aryl methyl sites for hydroxylation is 3. The van der Waals surface area contributed by atoms with Gasteiger partial charge in [0.05, 0.1) is 12.3 Å². The summed E-state index contributed by atoms with van der Waals surface area (Å²) in [7, 11) is 0. The predicted octanol–water partition coefficient (Wildman–Crippen LogP) is 3.87. The van der Waals surface area contributed by atoms with Crippen molar-refractivity contribution in [1.82, 2.24) is 0 Å². The minimum Gasteiger partial charge on any atom is -0.467 e. The van der Waals surface area contributed by atoms with E-state index < -0.39 is 0 Å². The van der Waals surface area contributed by atoms with Crippen LogP contribution in [0.15, 0.2) is 22.8 Å². The van der Waals surface area contributed by atoms with E-state index in [0.29, 0.717) is 0 Å². The number of nitrogens with two attached hydrogens (primary N) is 1. The Balaban J connectivity index is 2.61. The topological polar surface area (TPSA) is 39.2 Å². The van der Waals surface area contributed by atoms with Crippen molar-refractivity contribution in [2.24, 2.45) is 5.73 Å². The summed E-state index contributed by atoms with van der Waals surface area (Å²) in [5.41, 5.74) is 13.8. The molecule has 0 bridgehead atoms. The van der Waals surface area contributed by atoms with Gasteiger partial charge in [-0.25, -0.2) is 0 Å². The minimum absolute atomic E-state index is 0.182. The minimum atomic E-state index is -0.182. The fourth-order valence-corrected chi connectivity index (χ4v) is 2.55. The Bertz CT molecular complexity index is 555. The van der Waals surface area contributed by atoms with E-state index in [-0.39, 0.29) is 6.04 Å². The molecule has 2 aromatic rings. The van der Waals surface area contributed by atoms with Crippen molar-refractivity contribution in [3.63, 3.8) is 0 Å². The summed E-state index contributed by atoms with van der Waals surface area (Å²) in [6, 6.07) is 4.00. The Morgan fingerprint density at radius 1 is 0.944 bits per heavy atom. The molecule has 2 nitrogen and oxygen atoms in total. The van der Waals surface area contributed by atoms with Crippen LogP contribution < -0.4 is 5.73 Å². The van der Waals surface area contributed by atoms with Crippen LogP contribution in [0.3, 0.4) is 0 Å². The van der Waals surface area contributed by atoms with Gasteiger partial charge in [0.25, 0.3) is 0 Å². The van der Waals surface area contributed by atoms with Gasteiger partial charge >= 0.3 is 0 Å². The van der Waals surface area contributed by atoms with Gasteiger partial charge in [0.1, 0.15) is 5.76 Å². The van der Waals surface area contributed by atoms with Crippen molar-refractivity contribution in [1.29, 1.82) is 0 Å². The van der Waals surface area contributed by atoms with E-state index in [4.69, 9.17) is 10.2 Å². The van der Waals surface area contributed by atoms with Gasteiger partial charge in [-0.15, -0.1) is 0 Å². The molecule has 18 heavy (non-hydrogen) atoms. The van der Waals surface area contributed by atoms with E-state index in [1.807, 2.05) is 13.0 Å². The molecule has 0 saturated heterocycles. The summed E-state index contributed by atoms with van der Waals surface area (Å²) in [5.74, 6) is 0.867. The number of hydrogen-bond donors (Lipinski definition) is 1. The van der Waals surface area contributed by atoms with Crippen molar-refractivity contribution < 1.29 is 4.42 Å². The van der Waals surface area contributed by atoms with Crippen molar-refractivity contribution in [2.75, 3.05) is 0 Å². The summed E-state index contributed by atoms with van der Waals surface area (Å²) >= 11 is 0. The highest BCUT2D eigenvalue weighted by molar-refractivity contribution is 5.48. The Labute approximate surface area is 109 Å². The highest BCUT2D eigenvalue weighted by atomic mass is 16.3. The summed E-state index contributed by atoms with van der Waals surface area (Å²) in [6.07, 6.45) is 1.71. The lowest BCUT2D eigenvalue weighted by Crippen LogP contribution is -2.16. The molecule has 0 saturated carbocycles. The second-order valence-electron chi connectivity index (χ2n) is 5.12. The third-order valence-electron chi connectivity index (χ3n) is 3.92. The smallest absolute Gasteiger partial charge is 0.127 e. The molecule has 0 radical (unpaired) electrons. The third-order valence-corrected chi connectivity index (χ3v) is 3.92. The fourth-order valence-electron chi connectivity index (χ4n) is 2.55. The molecule has 2 rings (SSSR count). The second kappa shape index (κ2) is 4.62. The number of hydrogen-bond acceptors (Lipinski definition) is 2. The molecule has 1 atom stereocenters. The molecule has 0 aliphatic rings. The maximum absolute atomic E-state index is 6.41. The maximum atomic E-state index is 6.41. The van der Waals surface area contributed by atoms with E-state index in [9.17, 15) is 0 Å². The average Bonchev–Trinajstić information content (AvgIpc) is 2.73. The predicted molar refractivity (Wildman–Crippen MR) is 74.9 cm³/mol. The molecule has 2 N–H and O–H groups in total. The van der Waals surface area contributed by atoms with Crippen LogP contribution in [-0.4, -0.2) is 0 Å². The van der Waals surface area contributed by atoms with Gasteiger partial charge in [0.15, 0.2) is 0 Å². The van der Waals surface area contributed by atoms with Crippen molar-refractivity contribution in [3.8, 4) is 0 Å². The number of benzene rings is 1. The average molecular weight is 243 g/mol. The number of rotatable bonds is 2. The van der Waals surface area contributed by atoms with Crippen molar-refractivity contribution >= 4 is 0 Å². The first-order valence-corrected chi connectivity index (χ1v) is 6.30. The zero-order valence-electron chi connectivity index (χ0n) is 11.8. The van der Waals surface area contributed by atoms with Crippen LogP contribution in [0.4, 0.5) is 0 Å². The normalized spacial score (nSPS) is 12.8. The quantitative estimate of drug-likeness (QED) is 0.869. The highest BCUT2D eigenvalue weighted by Gasteiger charge is 2.20. The molecule has 1 aromatic carbocycles. The summed E-state index contributed by atoms with van der Waals surface area (Å²) in [5, 5.41) is 0.